The molecule has 0 aliphatic carbocycles. The zero-order valence-electron chi connectivity index (χ0n) is 21.3. The van der Waals surface area contributed by atoms with Crippen molar-refractivity contribution in [1.29, 1.82) is 0 Å². The lowest BCUT2D eigenvalue weighted by Gasteiger charge is -2.33. The first-order chi connectivity index (χ1) is 17.3. The minimum Gasteiger partial charge on any atom is -0.444 e. The van der Waals surface area contributed by atoms with Crippen LogP contribution < -0.4 is 10.6 Å². The van der Waals surface area contributed by atoms with E-state index >= 15 is 0 Å². The summed E-state index contributed by atoms with van der Waals surface area (Å²) in [6, 6.07) is 7.47. The lowest BCUT2D eigenvalue weighted by molar-refractivity contribution is -0.121. The van der Waals surface area contributed by atoms with E-state index in [0.717, 1.165) is 44.8 Å². The SMILES string of the molecule is CC(C)(C)OC(=O)N1CCCC(C(=O)Nc2cc(-c3cccc(NCC4CCOCC4)n3)ncn2)C1. The third kappa shape index (κ3) is 7.36. The molecule has 2 fully saturated rings. The number of nitrogens with zero attached hydrogens (tertiary/aromatic N) is 4. The highest BCUT2D eigenvalue weighted by atomic mass is 16.6. The molecule has 194 valence electrons. The zero-order chi connectivity index (χ0) is 25.5. The summed E-state index contributed by atoms with van der Waals surface area (Å²) in [5.74, 6) is 1.26. The van der Waals surface area contributed by atoms with Crippen molar-refractivity contribution in [3.8, 4) is 11.4 Å². The van der Waals surface area contributed by atoms with E-state index in [1.165, 1.54) is 6.33 Å². The number of carbonyl (C=O) groups excluding carboxylic acids is 2. The topological polar surface area (TPSA) is 119 Å². The van der Waals surface area contributed by atoms with Crippen LogP contribution in [-0.4, -0.2) is 70.3 Å². The number of pyridine rings is 1. The van der Waals surface area contributed by atoms with Crippen molar-refractivity contribution in [2.45, 2.75) is 52.1 Å². The maximum absolute atomic E-state index is 13.0. The molecule has 10 nitrogen and oxygen atoms in total. The quantitative estimate of drug-likeness (QED) is 0.617. The van der Waals surface area contributed by atoms with E-state index in [9.17, 15) is 9.59 Å². The normalized spacial score (nSPS) is 19.0. The van der Waals surface area contributed by atoms with Gasteiger partial charge in [-0.25, -0.2) is 19.7 Å². The van der Waals surface area contributed by atoms with Gasteiger partial charge in [-0.15, -0.1) is 0 Å². The Morgan fingerprint density at radius 3 is 2.69 bits per heavy atom. The molecule has 4 heterocycles. The van der Waals surface area contributed by atoms with Gasteiger partial charge in [-0.05, 0) is 64.5 Å². The molecule has 2 saturated heterocycles. The number of ether oxygens (including phenoxy) is 2. The van der Waals surface area contributed by atoms with Crippen LogP contribution in [0.1, 0.15) is 46.5 Å². The molecule has 10 heteroatoms. The van der Waals surface area contributed by atoms with Crippen LogP contribution in [0.4, 0.5) is 16.4 Å². The summed E-state index contributed by atoms with van der Waals surface area (Å²) in [7, 11) is 0. The van der Waals surface area contributed by atoms with Gasteiger partial charge in [0, 0.05) is 38.9 Å². The maximum Gasteiger partial charge on any atom is 0.410 e. The van der Waals surface area contributed by atoms with E-state index in [1.54, 1.807) is 11.0 Å². The average Bonchev–Trinajstić information content (AvgIpc) is 2.87. The number of nitrogens with one attached hydrogen (secondary N) is 2. The Bertz CT molecular complexity index is 1050. The summed E-state index contributed by atoms with van der Waals surface area (Å²) in [5, 5.41) is 6.31. The van der Waals surface area contributed by atoms with E-state index in [0.29, 0.717) is 42.6 Å². The fourth-order valence-electron chi connectivity index (χ4n) is 4.35. The van der Waals surface area contributed by atoms with Crippen molar-refractivity contribution in [1.82, 2.24) is 19.9 Å². The molecule has 0 radical (unpaired) electrons. The first-order valence-corrected chi connectivity index (χ1v) is 12.7. The van der Waals surface area contributed by atoms with E-state index in [-0.39, 0.29) is 17.9 Å². The molecule has 2 aliphatic heterocycles. The Balaban J connectivity index is 1.36. The summed E-state index contributed by atoms with van der Waals surface area (Å²) in [6.45, 7) is 8.88. The van der Waals surface area contributed by atoms with Crippen LogP contribution >= 0.6 is 0 Å². The first kappa shape index (κ1) is 25.8. The smallest absolute Gasteiger partial charge is 0.410 e. The second kappa shape index (κ2) is 11.6. The van der Waals surface area contributed by atoms with E-state index < -0.39 is 5.60 Å². The third-order valence-corrected chi connectivity index (χ3v) is 6.29. The Labute approximate surface area is 212 Å². The molecule has 0 bridgehead atoms. The van der Waals surface area contributed by atoms with Gasteiger partial charge < -0.3 is 25.0 Å². The van der Waals surface area contributed by atoms with Crippen LogP contribution in [0.15, 0.2) is 30.6 Å². The van der Waals surface area contributed by atoms with Crippen molar-refractivity contribution < 1.29 is 19.1 Å². The summed E-state index contributed by atoms with van der Waals surface area (Å²) < 4.78 is 10.9. The molecule has 36 heavy (non-hydrogen) atoms. The van der Waals surface area contributed by atoms with Crippen LogP contribution in [0.5, 0.6) is 0 Å². The largest absolute Gasteiger partial charge is 0.444 e. The summed E-state index contributed by atoms with van der Waals surface area (Å²) in [4.78, 5) is 40.3. The minimum absolute atomic E-state index is 0.173. The fraction of sp³-hybridized carbons (Fsp3) is 0.577. The molecule has 2 aliphatic rings. The number of rotatable bonds is 6. The van der Waals surface area contributed by atoms with Crippen molar-refractivity contribution in [3.05, 3.63) is 30.6 Å². The van der Waals surface area contributed by atoms with Crippen molar-refractivity contribution >= 4 is 23.6 Å². The van der Waals surface area contributed by atoms with Gasteiger partial charge in [0.1, 0.15) is 23.6 Å². The van der Waals surface area contributed by atoms with Crippen LogP contribution in [0.25, 0.3) is 11.4 Å². The van der Waals surface area contributed by atoms with Crippen LogP contribution in [0.2, 0.25) is 0 Å². The average molecular weight is 497 g/mol. The van der Waals surface area contributed by atoms with Crippen molar-refractivity contribution in [2.24, 2.45) is 11.8 Å². The predicted octanol–water partition coefficient (Wildman–Crippen LogP) is 3.96. The van der Waals surface area contributed by atoms with Crippen molar-refractivity contribution in [2.75, 3.05) is 43.5 Å². The number of carbonyl (C=O) groups is 2. The Morgan fingerprint density at radius 2 is 1.92 bits per heavy atom. The van der Waals surface area contributed by atoms with Crippen molar-refractivity contribution in [3.63, 3.8) is 0 Å². The molecule has 2 N–H and O–H groups in total. The predicted molar refractivity (Wildman–Crippen MR) is 136 cm³/mol. The summed E-state index contributed by atoms with van der Waals surface area (Å²) in [6.07, 6.45) is 4.58. The van der Waals surface area contributed by atoms with Gasteiger partial charge in [0.15, 0.2) is 0 Å². The molecule has 4 rings (SSSR count). The van der Waals surface area contributed by atoms with Gasteiger partial charge >= 0.3 is 6.09 Å². The van der Waals surface area contributed by atoms with Gasteiger partial charge in [0.25, 0.3) is 0 Å². The lowest BCUT2D eigenvalue weighted by Crippen LogP contribution is -2.45. The molecule has 0 spiro atoms. The molecule has 2 amide bonds. The number of aromatic nitrogens is 3. The standard InChI is InChI=1S/C26H36N6O4/c1-26(2,3)36-25(34)32-11-5-6-19(16-32)24(33)31-23-14-21(28-17-29-23)20-7-4-8-22(30-20)27-15-18-9-12-35-13-10-18/h4,7-8,14,17-19H,5-6,9-13,15-16H2,1-3H3,(H,27,30)(H,28,29,31,33). The number of hydrogen-bond donors (Lipinski definition) is 2. The molecule has 1 unspecified atom stereocenters. The van der Waals surface area contributed by atoms with Crippen LogP contribution in [0.3, 0.4) is 0 Å². The molecule has 0 aromatic carbocycles. The summed E-state index contributed by atoms with van der Waals surface area (Å²) >= 11 is 0. The monoisotopic (exact) mass is 496 g/mol. The van der Waals surface area contributed by atoms with E-state index in [2.05, 4.69) is 20.6 Å². The molecular formula is C26H36N6O4. The second-order valence-corrected chi connectivity index (χ2v) is 10.4. The van der Waals surface area contributed by atoms with Gasteiger partial charge in [0.2, 0.25) is 5.91 Å². The molecule has 2 aromatic heterocycles. The number of amides is 2. The number of anilines is 2. The summed E-state index contributed by atoms with van der Waals surface area (Å²) in [5.41, 5.74) is 0.739. The number of piperidine rings is 1. The Kier molecular flexibility index (Phi) is 8.35. The number of likely N-dealkylation sites (tertiary alicyclic amines) is 1. The fourth-order valence-corrected chi connectivity index (χ4v) is 4.35. The van der Waals surface area contributed by atoms with E-state index in [1.807, 2.05) is 39.0 Å². The van der Waals surface area contributed by atoms with Gasteiger partial charge in [-0.1, -0.05) is 6.07 Å². The van der Waals surface area contributed by atoms with Gasteiger partial charge in [0.05, 0.1) is 17.3 Å². The highest BCUT2D eigenvalue weighted by Crippen LogP contribution is 2.23. The second-order valence-electron chi connectivity index (χ2n) is 10.4. The molecule has 1 atom stereocenters. The minimum atomic E-state index is -0.574. The van der Waals surface area contributed by atoms with E-state index in [4.69, 9.17) is 14.5 Å². The third-order valence-electron chi connectivity index (χ3n) is 6.29. The molecular weight excluding hydrogens is 460 g/mol. The van der Waals surface area contributed by atoms with Gasteiger partial charge in [-0.2, -0.15) is 0 Å². The van der Waals surface area contributed by atoms with Crippen LogP contribution in [0, 0.1) is 11.8 Å². The van der Waals surface area contributed by atoms with Gasteiger partial charge in [-0.3, -0.25) is 4.79 Å². The Hall–Kier alpha value is -3.27. The van der Waals surface area contributed by atoms with Crippen LogP contribution in [-0.2, 0) is 14.3 Å². The first-order valence-electron chi connectivity index (χ1n) is 12.7. The Morgan fingerprint density at radius 1 is 1.11 bits per heavy atom. The molecule has 2 aromatic rings. The molecule has 0 saturated carbocycles. The highest BCUT2D eigenvalue weighted by Gasteiger charge is 2.31. The number of hydrogen-bond acceptors (Lipinski definition) is 8. The maximum atomic E-state index is 13.0. The lowest BCUT2D eigenvalue weighted by atomic mass is 9.97. The highest BCUT2D eigenvalue weighted by molar-refractivity contribution is 5.92. The zero-order valence-corrected chi connectivity index (χ0v) is 21.3.